The van der Waals surface area contributed by atoms with E-state index in [0.29, 0.717) is 5.75 Å². The SMILES string of the molecule is CC[N+](C)(C)c1ccc(C)c(O)c1. The van der Waals surface area contributed by atoms with Gasteiger partial charge < -0.3 is 5.11 Å². The maximum atomic E-state index is 9.55. The molecule has 0 heterocycles. The fourth-order valence-corrected chi connectivity index (χ4v) is 1.16. The van der Waals surface area contributed by atoms with Crippen LogP contribution in [-0.2, 0) is 0 Å². The van der Waals surface area contributed by atoms with E-state index in [2.05, 4.69) is 27.1 Å². The molecule has 0 saturated heterocycles. The van der Waals surface area contributed by atoms with E-state index in [1.165, 1.54) is 0 Å². The molecule has 0 fully saturated rings. The average molecular weight is 180 g/mol. The van der Waals surface area contributed by atoms with Gasteiger partial charge in [0.2, 0.25) is 0 Å². The number of hydrogen-bond acceptors (Lipinski definition) is 1. The van der Waals surface area contributed by atoms with Crippen LogP contribution in [0, 0.1) is 6.92 Å². The zero-order valence-electron chi connectivity index (χ0n) is 8.83. The zero-order chi connectivity index (χ0) is 10.1. The number of nitrogens with zero attached hydrogens (tertiary/aromatic N) is 1. The van der Waals surface area contributed by atoms with Gasteiger partial charge in [-0.15, -0.1) is 0 Å². The normalized spacial score (nSPS) is 11.7. The summed E-state index contributed by atoms with van der Waals surface area (Å²) in [5, 5.41) is 9.55. The molecule has 0 amide bonds. The van der Waals surface area contributed by atoms with Crippen molar-refractivity contribution in [1.29, 1.82) is 0 Å². The van der Waals surface area contributed by atoms with Crippen LogP contribution in [0.25, 0.3) is 0 Å². The third-order valence-electron chi connectivity index (χ3n) is 2.68. The first-order chi connectivity index (χ1) is 5.97. The number of hydrogen-bond donors (Lipinski definition) is 1. The van der Waals surface area contributed by atoms with Gasteiger partial charge in [0.15, 0.2) is 0 Å². The summed E-state index contributed by atoms with van der Waals surface area (Å²) in [6.07, 6.45) is 0. The largest absolute Gasteiger partial charge is 0.507 e. The Morgan fingerprint density at radius 3 is 2.38 bits per heavy atom. The summed E-state index contributed by atoms with van der Waals surface area (Å²) in [5.41, 5.74) is 2.07. The molecule has 1 N–H and O–H groups in total. The molecule has 0 aromatic heterocycles. The monoisotopic (exact) mass is 180 g/mol. The van der Waals surface area contributed by atoms with Crippen molar-refractivity contribution in [3.05, 3.63) is 23.8 Å². The number of quaternary nitrogens is 1. The molecule has 1 aromatic carbocycles. The fraction of sp³-hybridized carbons (Fsp3) is 0.455. The minimum atomic E-state index is 0.386. The third kappa shape index (κ3) is 2.01. The van der Waals surface area contributed by atoms with Gasteiger partial charge in [-0.05, 0) is 31.5 Å². The number of phenols is 1. The lowest BCUT2D eigenvalue weighted by molar-refractivity contribution is 0.415. The number of aromatic hydroxyl groups is 1. The molecular formula is C11H18NO+. The summed E-state index contributed by atoms with van der Waals surface area (Å²) in [6, 6.07) is 5.87. The second-order valence-electron chi connectivity index (χ2n) is 3.97. The highest BCUT2D eigenvalue weighted by Crippen LogP contribution is 2.26. The Kier molecular flexibility index (Phi) is 2.62. The lowest BCUT2D eigenvalue weighted by Crippen LogP contribution is -2.39. The van der Waals surface area contributed by atoms with E-state index in [9.17, 15) is 5.11 Å². The third-order valence-corrected chi connectivity index (χ3v) is 2.68. The van der Waals surface area contributed by atoms with Gasteiger partial charge in [-0.2, -0.15) is 0 Å². The van der Waals surface area contributed by atoms with Gasteiger partial charge in [0.05, 0.1) is 20.6 Å². The van der Waals surface area contributed by atoms with Crippen LogP contribution in [0.1, 0.15) is 12.5 Å². The summed E-state index contributed by atoms with van der Waals surface area (Å²) in [7, 11) is 4.26. The van der Waals surface area contributed by atoms with Crippen LogP contribution in [0.5, 0.6) is 5.75 Å². The Balaban J connectivity index is 3.10. The van der Waals surface area contributed by atoms with Crippen molar-refractivity contribution in [2.45, 2.75) is 13.8 Å². The van der Waals surface area contributed by atoms with Gasteiger partial charge in [0.25, 0.3) is 0 Å². The van der Waals surface area contributed by atoms with E-state index >= 15 is 0 Å². The van der Waals surface area contributed by atoms with Crippen molar-refractivity contribution < 1.29 is 5.11 Å². The second-order valence-corrected chi connectivity index (χ2v) is 3.97. The summed E-state index contributed by atoms with van der Waals surface area (Å²) >= 11 is 0. The van der Waals surface area contributed by atoms with E-state index in [-0.39, 0.29) is 0 Å². The van der Waals surface area contributed by atoms with Gasteiger partial charge in [-0.3, -0.25) is 4.48 Å². The van der Waals surface area contributed by atoms with Crippen molar-refractivity contribution in [2.75, 3.05) is 20.6 Å². The van der Waals surface area contributed by atoms with E-state index in [1.54, 1.807) is 0 Å². The van der Waals surface area contributed by atoms with Crippen molar-refractivity contribution >= 4 is 5.69 Å². The van der Waals surface area contributed by atoms with E-state index in [0.717, 1.165) is 22.3 Å². The van der Waals surface area contributed by atoms with Gasteiger partial charge in [0, 0.05) is 6.07 Å². The first kappa shape index (κ1) is 10.1. The van der Waals surface area contributed by atoms with E-state index in [4.69, 9.17) is 0 Å². The molecule has 0 bridgehead atoms. The molecular weight excluding hydrogens is 162 g/mol. The van der Waals surface area contributed by atoms with Crippen LogP contribution in [0.2, 0.25) is 0 Å². The summed E-state index contributed by atoms with van der Waals surface area (Å²) in [4.78, 5) is 0. The molecule has 0 aliphatic carbocycles. The Morgan fingerprint density at radius 2 is 1.92 bits per heavy atom. The standard InChI is InChI=1S/C11H17NO/c1-5-12(3,4)10-7-6-9(2)11(13)8-10/h6-8H,5H2,1-4H3/p+1. The van der Waals surface area contributed by atoms with Crippen LogP contribution < -0.4 is 4.48 Å². The molecule has 1 rings (SSSR count). The number of aryl methyl sites for hydroxylation is 1. The Labute approximate surface area is 80.0 Å². The zero-order valence-corrected chi connectivity index (χ0v) is 8.83. The highest BCUT2D eigenvalue weighted by atomic mass is 16.3. The molecule has 13 heavy (non-hydrogen) atoms. The Hall–Kier alpha value is -1.02. The first-order valence-corrected chi connectivity index (χ1v) is 4.60. The van der Waals surface area contributed by atoms with Crippen molar-refractivity contribution in [2.24, 2.45) is 0 Å². The lowest BCUT2D eigenvalue weighted by atomic mass is 10.2. The molecule has 0 saturated carbocycles. The molecule has 2 nitrogen and oxygen atoms in total. The molecule has 0 aliphatic heterocycles. The van der Waals surface area contributed by atoms with Crippen molar-refractivity contribution in [3.63, 3.8) is 0 Å². The quantitative estimate of drug-likeness (QED) is 0.692. The molecule has 72 valence electrons. The topological polar surface area (TPSA) is 20.2 Å². The highest BCUT2D eigenvalue weighted by Gasteiger charge is 2.16. The van der Waals surface area contributed by atoms with Crippen LogP contribution >= 0.6 is 0 Å². The van der Waals surface area contributed by atoms with E-state index in [1.807, 2.05) is 19.1 Å². The fourth-order valence-electron chi connectivity index (χ4n) is 1.16. The maximum absolute atomic E-state index is 9.55. The van der Waals surface area contributed by atoms with Crippen molar-refractivity contribution in [1.82, 2.24) is 4.48 Å². The van der Waals surface area contributed by atoms with Crippen LogP contribution in [0.15, 0.2) is 18.2 Å². The Morgan fingerprint density at radius 1 is 1.31 bits per heavy atom. The molecule has 0 unspecified atom stereocenters. The summed E-state index contributed by atoms with van der Waals surface area (Å²) < 4.78 is 0.799. The molecule has 0 spiro atoms. The maximum Gasteiger partial charge on any atom is 0.136 e. The first-order valence-electron chi connectivity index (χ1n) is 4.60. The number of phenolic OH excluding ortho intramolecular Hbond substituents is 1. The minimum Gasteiger partial charge on any atom is -0.507 e. The molecule has 0 atom stereocenters. The lowest BCUT2D eigenvalue weighted by Gasteiger charge is -2.27. The molecule has 2 heteroatoms. The summed E-state index contributed by atoms with van der Waals surface area (Å²) in [6.45, 7) is 5.06. The minimum absolute atomic E-state index is 0.386. The smallest absolute Gasteiger partial charge is 0.136 e. The van der Waals surface area contributed by atoms with Gasteiger partial charge in [-0.1, -0.05) is 0 Å². The van der Waals surface area contributed by atoms with Crippen molar-refractivity contribution in [3.8, 4) is 5.75 Å². The predicted molar refractivity (Wildman–Crippen MR) is 57.0 cm³/mol. The Bertz CT molecular complexity index is 305. The second kappa shape index (κ2) is 3.38. The van der Waals surface area contributed by atoms with Gasteiger partial charge in [0.1, 0.15) is 11.4 Å². The highest BCUT2D eigenvalue weighted by molar-refractivity contribution is 5.49. The predicted octanol–water partition coefficient (Wildman–Crippen LogP) is 2.29. The molecule has 0 aliphatic rings. The van der Waals surface area contributed by atoms with Crippen LogP contribution in [-0.4, -0.2) is 25.7 Å². The number of rotatable bonds is 2. The summed E-state index contributed by atoms with van der Waals surface area (Å²) in [5.74, 6) is 0.386. The van der Waals surface area contributed by atoms with Gasteiger partial charge in [-0.25, -0.2) is 0 Å². The van der Waals surface area contributed by atoms with E-state index < -0.39 is 0 Å². The average Bonchev–Trinajstić information content (AvgIpc) is 2.09. The van der Waals surface area contributed by atoms with Crippen LogP contribution in [0.4, 0.5) is 5.69 Å². The number of benzene rings is 1. The van der Waals surface area contributed by atoms with Crippen LogP contribution in [0.3, 0.4) is 0 Å². The molecule has 1 aromatic rings. The molecule has 0 radical (unpaired) electrons. The van der Waals surface area contributed by atoms with Gasteiger partial charge >= 0.3 is 0 Å².